The van der Waals surface area contributed by atoms with Crippen LogP contribution in [0.1, 0.15) is 6.92 Å². The van der Waals surface area contributed by atoms with Crippen molar-refractivity contribution in [3.8, 4) is 0 Å². The zero-order valence-corrected chi connectivity index (χ0v) is 5.00. The van der Waals surface area contributed by atoms with Crippen molar-refractivity contribution in [3.05, 3.63) is 0 Å². The lowest BCUT2D eigenvalue weighted by Crippen LogP contribution is -2.38. The number of nitrogens with zero attached hydrogens (tertiary/aromatic N) is 1. The number of rotatable bonds is 0. The van der Waals surface area contributed by atoms with Gasteiger partial charge in [0.15, 0.2) is 0 Å². The molecule has 48 valence electrons. The third-order valence-electron chi connectivity index (χ3n) is 1.22. The van der Waals surface area contributed by atoms with Crippen LogP contribution in [0.5, 0.6) is 0 Å². The lowest BCUT2D eigenvalue weighted by molar-refractivity contribution is -0.164. The summed E-state index contributed by atoms with van der Waals surface area (Å²) in [6.07, 6.45) is 0.189. The quantitative estimate of drug-likeness (QED) is 0.488. The van der Waals surface area contributed by atoms with Gasteiger partial charge in [0.05, 0.1) is 12.7 Å². The summed E-state index contributed by atoms with van der Waals surface area (Å²) < 4.78 is 5.15. The number of morpholine rings is 1. The van der Waals surface area contributed by atoms with Gasteiger partial charge in [0.25, 0.3) is 0 Å². The Morgan fingerprint density at radius 1 is 1.75 bits per heavy atom. The molecule has 3 nitrogen and oxygen atoms in total. The van der Waals surface area contributed by atoms with E-state index in [2.05, 4.69) is 0 Å². The van der Waals surface area contributed by atoms with Crippen LogP contribution in [0.15, 0.2) is 0 Å². The van der Waals surface area contributed by atoms with Crippen LogP contribution in [0.3, 0.4) is 0 Å². The second kappa shape index (κ2) is 2.44. The third kappa shape index (κ3) is 1.43. The molecule has 8 heavy (non-hydrogen) atoms. The fourth-order valence-electron chi connectivity index (χ4n) is 0.800. The molecule has 1 fully saturated rings. The van der Waals surface area contributed by atoms with Crippen molar-refractivity contribution in [2.75, 3.05) is 19.7 Å². The maximum Gasteiger partial charge on any atom is 0.0697 e. The first-order valence-corrected chi connectivity index (χ1v) is 2.84. The van der Waals surface area contributed by atoms with Crippen molar-refractivity contribution < 1.29 is 9.94 Å². The lowest BCUT2D eigenvalue weighted by Gasteiger charge is -2.25. The Hall–Kier alpha value is -0.120. The SMILES string of the molecule is C[C@H]1CN(O)CCO1. The molecule has 0 aromatic rings. The van der Waals surface area contributed by atoms with Crippen molar-refractivity contribution in [3.63, 3.8) is 0 Å². The van der Waals surface area contributed by atoms with Crippen molar-refractivity contribution in [2.24, 2.45) is 0 Å². The van der Waals surface area contributed by atoms with Crippen LogP contribution in [0, 0.1) is 0 Å². The Morgan fingerprint density at radius 3 is 2.88 bits per heavy atom. The summed E-state index contributed by atoms with van der Waals surface area (Å²) >= 11 is 0. The van der Waals surface area contributed by atoms with E-state index < -0.39 is 0 Å². The molecule has 0 bridgehead atoms. The topological polar surface area (TPSA) is 32.7 Å². The van der Waals surface area contributed by atoms with Crippen molar-refractivity contribution in [2.45, 2.75) is 13.0 Å². The van der Waals surface area contributed by atoms with Crippen molar-refractivity contribution in [1.29, 1.82) is 0 Å². The predicted molar refractivity (Wildman–Crippen MR) is 28.8 cm³/mol. The lowest BCUT2D eigenvalue weighted by atomic mass is 10.3. The Morgan fingerprint density at radius 2 is 2.50 bits per heavy atom. The van der Waals surface area contributed by atoms with Crippen molar-refractivity contribution in [1.82, 2.24) is 5.06 Å². The van der Waals surface area contributed by atoms with E-state index in [0.717, 1.165) is 0 Å². The van der Waals surface area contributed by atoms with Crippen LogP contribution in [0.4, 0.5) is 0 Å². The summed E-state index contributed by atoms with van der Waals surface area (Å²) in [6.45, 7) is 3.88. The highest BCUT2D eigenvalue weighted by molar-refractivity contribution is 4.59. The van der Waals surface area contributed by atoms with Gasteiger partial charge in [-0.1, -0.05) is 0 Å². The number of ether oxygens (including phenoxy) is 1. The van der Waals surface area contributed by atoms with Crippen LogP contribution in [-0.2, 0) is 4.74 Å². The summed E-state index contributed by atoms with van der Waals surface area (Å²) in [7, 11) is 0. The van der Waals surface area contributed by atoms with Gasteiger partial charge >= 0.3 is 0 Å². The first-order chi connectivity index (χ1) is 3.79. The zero-order chi connectivity index (χ0) is 5.98. The van der Waals surface area contributed by atoms with Gasteiger partial charge in [-0.15, -0.1) is 0 Å². The molecular weight excluding hydrogens is 106 g/mol. The molecule has 1 N–H and O–H groups in total. The summed E-state index contributed by atoms with van der Waals surface area (Å²) in [4.78, 5) is 0. The summed E-state index contributed by atoms with van der Waals surface area (Å²) in [5, 5.41) is 10.1. The van der Waals surface area contributed by atoms with E-state index in [9.17, 15) is 0 Å². The molecule has 0 saturated carbocycles. The summed E-state index contributed by atoms with van der Waals surface area (Å²) in [5.74, 6) is 0. The zero-order valence-electron chi connectivity index (χ0n) is 5.00. The molecule has 0 radical (unpaired) electrons. The van der Waals surface area contributed by atoms with Gasteiger partial charge in [0.2, 0.25) is 0 Å². The normalized spacial score (nSPS) is 33.0. The van der Waals surface area contributed by atoms with E-state index in [-0.39, 0.29) is 6.10 Å². The monoisotopic (exact) mass is 117 g/mol. The molecule has 1 aliphatic rings. The van der Waals surface area contributed by atoms with Gasteiger partial charge < -0.3 is 9.94 Å². The maximum atomic E-state index is 8.83. The molecule has 1 aliphatic heterocycles. The molecule has 0 aliphatic carbocycles. The highest BCUT2D eigenvalue weighted by atomic mass is 16.5. The molecule has 1 saturated heterocycles. The van der Waals surface area contributed by atoms with E-state index in [0.29, 0.717) is 19.7 Å². The van der Waals surface area contributed by atoms with Gasteiger partial charge in [-0.3, -0.25) is 0 Å². The average molecular weight is 117 g/mol. The molecule has 1 rings (SSSR count). The number of hydrogen-bond donors (Lipinski definition) is 1. The third-order valence-corrected chi connectivity index (χ3v) is 1.22. The second-order valence-corrected chi connectivity index (χ2v) is 2.09. The Kier molecular flexibility index (Phi) is 1.83. The van der Waals surface area contributed by atoms with E-state index in [1.165, 1.54) is 5.06 Å². The standard InChI is InChI=1S/C5H11NO2/c1-5-4-6(7)2-3-8-5/h5,7H,2-4H2,1H3/t5-/m0/s1. The van der Waals surface area contributed by atoms with E-state index in [1.807, 2.05) is 6.92 Å². The summed E-state index contributed by atoms with van der Waals surface area (Å²) in [5.41, 5.74) is 0. The largest absolute Gasteiger partial charge is 0.376 e. The molecule has 1 atom stereocenters. The maximum absolute atomic E-state index is 8.83. The van der Waals surface area contributed by atoms with Gasteiger partial charge in [-0.2, -0.15) is 5.06 Å². The van der Waals surface area contributed by atoms with Crippen LogP contribution >= 0.6 is 0 Å². The average Bonchev–Trinajstić information content (AvgIpc) is 1.64. The Labute approximate surface area is 48.8 Å². The minimum atomic E-state index is 0.189. The van der Waals surface area contributed by atoms with Gasteiger partial charge in [-0.05, 0) is 6.92 Å². The molecule has 0 aromatic heterocycles. The second-order valence-electron chi connectivity index (χ2n) is 2.09. The first kappa shape index (κ1) is 6.01. The number of hydrogen-bond acceptors (Lipinski definition) is 3. The van der Waals surface area contributed by atoms with Gasteiger partial charge in [0.1, 0.15) is 0 Å². The number of hydroxylamine groups is 2. The van der Waals surface area contributed by atoms with Gasteiger partial charge in [0, 0.05) is 13.1 Å². The molecule has 0 unspecified atom stereocenters. The summed E-state index contributed by atoms with van der Waals surface area (Å²) in [6, 6.07) is 0. The van der Waals surface area contributed by atoms with Crippen LogP contribution in [-0.4, -0.2) is 36.1 Å². The molecule has 0 spiro atoms. The van der Waals surface area contributed by atoms with Crippen LogP contribution in [0.25, 0.3) is 0 Å². The highest BCUT2D eigenvalue weighted by Crippen LogP contribution is 1.99. The first-order valence-electron chi connectivity index (χ1n) is 2.84. The van der Waals surface area contributed by atoms with Gasteiger partial charge in [-0.25, -0.2) is 0 Å². The molecule has 1 heterocycles. The van der Waals surface area contributed by atoms with Crippen LogP contribution < -0.4 is 0 Å². The molecule has 0 aromatic carbocycles. The molecule has 3 heteroatoms. The Bertz CT molecular complexity index is 68.8. The fourth-order valence-corrected chi connectivity index (χ4v) is 0.800. The fraction of sp³-hybridized carbons (Fsp3) is 1.00. The molecule has 0 amide bonds. The highest BCUT2D eigenvalue weighted by Gasteiger charge is 2.13. The van der Waals surface area contributed by atoms with E-state index >= 15 is 0 Å². The molecular formula is C5H11NO2. The predicted octanol–water partition coefficient (Wildman–Crippen LogP) is 0.0963. The van der Waals surface area contributed by atoms with Crippen molar-refractivity contribution >= 4 is 0 Å². The minimum Gasteiger partial charge on any atom is -0.376 e. The Balaban J connectivity index is 2.23. The smallest absolute Gasteiger partial charge is 0.0697 e. The van der Waals surface area contributed by atoms with Crippen LogP contribution in [0.2, 0.25) is 0 Å². The van der Waals surface area contributed by atoms with E-state index in [4.69, 9.17) is 9.94 Å². The van der Waals surface area contributed by atoms with E-state index in [1.54, 1.807) is 0 Å². The minimum absolute atomic E-state index is 0.189.